The first-order valence-electron chi connectivity index (χ1n) is 7.41. The zero-order valence-electron chi connectivity index (χ0n) is 12.7. The molecule has 1 atom stereocenters. The van der Waals surface area contributed by atoms with E-state index in [-0.39, 0.29) is 5.75 Å². The Kier molecular flexibility index (Phi) is 5.26. The molecule has 1 heterocycles. The third kappa shape index (κ3) is 3.44. The maximum absolute atomic E-state index is 9.68. The zero-order valence-corrected chi connectivity index (χ0v) is 12.7. The molecule has 0 bridgehead atoms. The number of nitrogens with one attached hydrogen (secondary N) is 1. The van der Waals surface area contributed by atoms with Crippen LogP contribution in [0.3, 0.4) is 0 Å². The van der Waals surface area contributed by atoms with E-state index in [1.54, 1.807) is 13.2 Å². The molecule has 0 aliphatic carbocycles. The Morgan fingerprint density at radius 1 is 1.40 bits per heavy atom. The van der Waals surface area contributed by atoms with Gasteiger partial charge in [0.2, 0.25) is 0 Å². The average molecular weight is 278 g/mol. The zero-order chi connectivity index (χ0) is 14.5. The summed E-state index contributed by atoms with van der Waals surface area (Å²) >= 11 is 0. The Balaban J connectivity index is 1.99. The van der Waals surface area contributed by atoms with Crippen molar-refractivity contribution in [1.82, 2.24) is 10.2 Å². The molecule has 0 saturated carbocycles. The maximum Gasteiger partial charge on any atom is 0.160 e. The van der Waals surface area contributed by atoms with Crippen LogP contribution in [0.2, 0.25) is 0 Å². The summed E-state index contributed by atoms with van der Waals surface area (Å²) in [6.07, 6.45) is 2.50. The first-order valence-corrected chi connectivity index (χ1v) is 7.41. The van der Waals surface area contributed by atoms with Crippen LogP contribution in [0.5, 0.6) is 11.5 Å². The number of phenols is 1. The second kappa shape index (κ2) is 6.95. The van der Waals surface area contributed by atoms with Gasteiger partial charge >= 0.3 is 0 Å². The monoisotopic (exact) mass is 278 g/mol. The van der Waals surface area contributed by atoms with Gasteiger partial charge in [0.15, 0.2) is 11.5 Å². The Bertz CT molecular complexity index is 428. The quantitative estimate of drug-likeness (QED) is 0.868. The highest BCUT2D eigenvalue weighted by molar-refractivity contribution is 5.42. The molecule has 1 aliphatic heterocycles. The second-order valence-electron chi connectivity index (χ2n) is 5.64. The highest BCUT2D eigenvalue weighted by Crippen LogP contribution is 2.32. The topological polar surface area (TPSA) is 44.7 Å². The molecule has 2 N–H and O–H groups in total. The molecule has 1 unspecified atom stereocenters. The number of aromatic hydroxyl groups is 1. The van der Waals surface area contributed by atoms with E-state index in [2.05, 4.69) is 17.1 Å². The van der Waals surface area contributed by atoms with Gasteiger partial charge in [-0.1, -0.05) is 6.07 Å². The van der Waals surface area contributed by atoms with Crippen molar-refractivity contribution >= 4 is 0 Å². The Morgan fingerprint density at radius 3 is 2.70 bits per heavy atom. The third-order valence-electron chi connectivity index (χ3n) is 4.38. The maximum atomic E-state index is 9.68. The van der Waals surface area contributed by atoms with Gasteiger partial charge in [-0.25, -0.2) is 0 Å². The van der Waals surface area contributed by atoms with Crippen molar-refractivity contribution < 1.29 is 9.84 Å². The van der Waals surface area contributed by atoms with Gasteiger partial charge in [-0.05, 0) is 70.1 Å². The fourth-order valence-corrected chi connectivity index (χ4v) is 3.00. The molecule has 1 fully saturated rings. The molecular weight excluding hydrogens is 252 g/mol. The predicted molar refractivity (Wildman–Crippen MR) is 81.3 cm³/mol. The first kappa shape index (κ1) is 15.1. The number of piperidine rings is 1. The highest BCUT2D eigenvalue weighted by Gasteiger charge is 2.23. The van der Waals surface area contributed by atoms with Crippen LogP contribution in [0.4, 0.5) is 0 Å². The van der Waals surface area contributed by atoms with Gasteiger partial charge in [0.25, 0.3) is 0 Å². The third-order valence-corrected chi connectivity index (χ3v) is 4.38. The van der Waals surface area contributed by atoms with Crippen LogP contribution < -0.4 is 10.1 Å². The summed E-state index contributed by atoms with van der Waals surface area (Å²) in [6, 6.07) is 6.01. The van der Waals surface area contributed by atoms with Gasteiger partial charge in [0.1, 0.15) is 0 Å². The minimum atomic E-state index is 0.205. The highest BCUT2D eigenvalue weighted by atomic mass is 16.5. The summed E-state index contributed by atoms with van der Waals surface area (Å²) in [6.45, 7) is 5.62. The molecule has 1 aromatic carbocycles. The lowest BCUT2D eigenvalue weighted by atomic mass is 9.94. The van der Waals surface area contributed by atoms with Gasteiger partial charge in [-0.15, -0.1) is 0 Å². The van der Waals surface area contributed by atoms with Crippen molar-refractivity contribution in [1.29, 1.82) is 0 Å². The summed E-state index contributed by atoms with van der Waals surface area (Å²) in [4.78, 5) is 2.51. The van der Waals surface area contributed by atoms with E-state index in [1.807, 2.05) is 19.2 Å². The molecule has 4 heteroatoms. The van der Waals surface area contributed by atoms with E-state index < -0.39 is 0 Å². The summed E-state index contributed by atoms with van der Waals surface area (Å²) in [7, 11) is 3.62. The molecule has 2 rings (SSSR count). The van der Waals surface area contributed by atoms with Gasteiger partial charge in [-0.2, -0.15) is 0 Å². The Labute approximate surface area is 121 Å². The van der Waals surface area contributed by atoms with Crippen LogP contribution >= 0.6 is 0 Å². The van der Waals surface area contributed by atoms with Crippen molar-refractivity contribution in [2.75, 3.05) is 33.8 Å². The lowest BCUT2D eigenvalue weighted by molar-refractivity contribution is 0.141. The number of benzene rings is 1. The summed E-state index contributed by atoms with van der Waals surface area (Å²) in [5.41, 5.74) is 1.20. The van der Waals surface area contributed by atoms with Crippen molar-refractivity contribution in [2.45, 2.75) is 25.8 Å². The van der Waals surface area contributed by atoms with Crippen molar-refractivity contribution in [3.8, 4) is 11.5 Å². The molecule has 0 radical (unpaired) electrons. The van der Waals surface area contributed by atoms with Crippen molar-refractivity contribution in [3.63, 3.8) is 0 Å². The van der Waals surface area contributed by atoms with Crippen molar-refractivity contribution in [3.05, 3.63) is 23.8 Å². The molecule has 0 aromatic heterocycles. The summed E-state index contributed by atoms with van der Waals surface area (Å²) < 4.78 is 5.20. The van der Waals surface area contributed by atoms with Crippen LogP contribution in [0, 0.1) is 5.92 Å². The second-order valence-corrected chi connectivity index (χ2v) is 5.64. The molecule has 0 amide bonds. The lowest BCUT2D eigenvalue weighted by Crippen LogP contribution is -2.38. The summed E-state index contributed by atoms with van der Waals surface area (Å²) in [5, 5.41) is 12.9. The Morgan fingerprint density at radius 2 is 2.10 bits per heavy atom. The van der Waals surface area contributed by atoms with Crippen LogP contribution in [0.25, 0.3) is 0 Å². The molecule has 0 spiro atoms. The fraction of sp³-hybridized carbons (Fsp3) is 0.625. The number of methoxy groups -OCH3 is 1. The molecule has 112 valence electrons. The van der Waals surface area contributed by atoms with Gasteiger partial charge in [-0.3, -0.25) is 4.90 Å². The normalized spacial score (nSPS) is 18.9. The molecule has 1 saturated heterocycles. The fourth-order valence-electron chi connectivity index (χ4n) is 3.00. The SMILES string of the molecule is CNCC1CCN(C(C)c2ccc(O)c(OC)c2)CC1. The van der Waals surface area contributed by atoms with Gasteiger partial charge in [0, 0.05) is 6.04 Å². The molecule has 4 nitrogen and oxygen atoms in total. The van der Waals surface area contributed by atoms with E-state index in [4.69, 9.17) is 4.74 Å². The van der Waals surface area contributed by atoms with Gasteiger partial charge < -0.3 is 15.2 Å². The molecule has 1 aliphatic rings. The van der Waals surface area contributed by atoms with E-state index in [0.717, 1.165) is 25.6 Å². The number of hydrogen-bond acceptors (Lipinski definition) is 4. The minimum absolute atomic E-state index is 0.205. The molecule has 20 heavy (non-hydrogen) atoms. The predicted octanol–water partition coefficient (Wildman–Crippen LogP) is 2.39. The van der Waals surface area contributed by atoms with Crippen LogP contribution in [0.1, 0.15) is 31.4 Å². The van der Waals surface area contributed by atoms with E-state index in [9.17, 15) is 5.11 Å². The number of rotatable bonds is 5. The number of nitrogens with zero attached hydrogens (tertiary/aromatic N) is 1. The van der Waals surface area contributed by atoms with Crippen LogP contribution in [-0.4, -0.2) is 43.8 Å². The molecular formula is C16H26N2O2. The van der Waals surface area contributed by atoms with E-state index in [0.29, 0.717) is 11.8 Å². The number of ether oxygens (including phenoxy) is 1. The first-order chi connectivity index (χ1) is 9.65. The lowest BCUT2D eigenvalue weighted by Gasteiger charge is -2.36. The van der Waals surface area contributed by atoms with Crippen LogP contribution in [-0.2, 0) is 0 Å². The van der Waals surface area contributed by atoms with Crippen LogP contribution in [0.15, 0.2) is 18.2 Å². The smallest absolute Gasteiger partial charge is 0.160 e. The van der Waals surface area contributed by atoms with E-state index >= 15 is 0 Å². The number of likely N-dealkylation sites (tertiary alicyclic amines) is 1. The van der Waals surface area contributed by atoms with Crippen molar-refractivity contribution in [2.24, 2.45) is 5.92 Å². The van der Waals surface area contributed by atoms with E-state index in [1.165, 1.54) is 18.4 Å². The Hall–Kier alpha value is -1.26. The average Bonchev–Trinajstić information content (AvgIpc) is 2.48. The summed E-state index contributed by atoms with van der Waals surface area (Å²) in [5.74, 6) is 1.56. The number of phenolic OH excluding ortho intramolecular Hbond substituents is 1. The largest absolute Gasteiger partial charge is 0.504 e. The molecule has 1 aromatic rings. The number of hydrogen-bond donors (Lipinski definition) is 2. The standard InChI is InChI=1S/C16H26N2O2/c1-12(14-4-5-15(19)16(10-14)20-3)18-8-6-13(7-9-18)11-17-2/h4-5,10,12-13,17,19H,6-9,11H2,1-3H3. The minimum Gasteiger partial charge on any atom is -0.504 e. The van der Waals surface area contributed by atoms with Gasteiger partial charge in [0.05, 0.1) is 7.11 Å².